The van der Waals surface area contributed by atoms with E-state index in [-0.39, 0.29) is 37.4 Å². The second-order valence-electron chi connectivity index (χ2n) is 8.24. The van der Waals surface area contributed by atoms with Crippen LogP contribution >= 0.6 is 0 Å². The van der Waals surface area contributed by atoms with E-state index in [9.17, 15) is 14.4 Å². The average molecular weight is 421 g/mol. The van der Waals surface area contributed by atoms with Crippen molar-refractivity contribution < 1.29 is 19.1 Å². The van der Waals surface area contributed by atoms with Crippen molar-refractivity contribution >= 4 is 23.5 Å². The fourth-order valence-electron chi connectivity index (χ4n) is 4.42. The Hall–Kier alpha value is -3.15. The molecule has 2 atom stereocenters. The van der Waals surface area contributed by atoms with Crippen LogP contribution in [0.5, 0.6) is 0 Å². The van der Waals surface area contributed by atoms with Crippen molar-refractivity contribution in [2.24, 2.45) is 5.92 Å². The maximum Gasteiger partial charge on any atom is 0.311 e. The Morgan fingerprint density at radius 1 is 1.13 bits per heavy atom. The lowest BCUT2D eigenvalue weighted by Crippen LogP contribution is -2.35. The van der Waals surface area contributed by atoms with Gasteiger partial charge in [-0.25, -0.2) is 0 Å². The molecular weight excluding hydrogens is 392 g/mol. The fraction of sp³-hybridized carbons (Fsp3) is 0.400. The number of amides is 2. The predicted molar refractivity (Wildman–Crippen MR) is 118 cm³/mol. The molecule has 1 heterocycles. The fourth-order valence-corrected chi connectivity index (χ4v) is 4.42. The molecule has 2 amide bonds. The van der Waals surface area contributed by atoms with Gasteiger partial charge < -0.3 is 15.0 Å². The van der Waals surface area contributed by atoms with E-state index in [4.69, 9.17) is 4.74 Å². The summed E-state index contributed by atoms with van der Waals surface area (Å²) in [5.74, 6) is -1.47. The molecule has 1 aliphatic heterocycles. The van der Waals surface area contributed by atoms with Crippen LogP contribution in [-0.4, -0.2) is 30.9 Å². The topological polar surface area (TPSA) is 75.7 Å². The van der Waals surface area contributed by atoms with Crippen LogP contribution in [0.15, 0.2) is 48.5 Å². The van der Waals surface area contributed by atoms with E-state index in [0.717, 1.165) is 36.9 Å². The van der Waals surface area contributed by atoms with Gasteiger partial charge in [0.25, 0.3) is 5.91 Å². The summed E-state index contributed by atoms with van der Waals surface area (Å²) < 4.78 is 5.26. The summed E-state index contributed by atoms with van der Waals surface area (Å²) in [4.78, 5) is 38.9. The molecule has 0 spiro atoms. The van der Waals surface area contributed by atoms with E-state index < -0.39 is 11.9 Å². The molecule has 1 saturated heterocycles. The molecule has 0 bridgehead atoms. The average Bonchev–Trinajstić information content (AvgIpc) is 3.19. The number of fused-ring (bicyclic) bond motifs is 1. The van der Waals surface area contributed by atoms with Gasteiger partial charge in [-0.2, -0.15) is 0 Å². The first kappa shape index (κ1) is 21.1. The highest BCUT2D eigenvalue weighted by Gasteiger charge is 2.36. The molecule has 31 heavy (non-hydrogen) atoms. The number of carbonyl (C=O) groups is 3. The molecule has 4 rings (SSSR count). The Morgan fingerprint density at radius 2 is 1.90 bits per heavy atom. The van der Waals surface area contributed by atoms with Crippen molar-refractivity contribution in [3.63, 3.8) is 0 Å². The van der Waals surface area contributed by atoms with Crippen LogP contribution in [0.2, 0.25) is 0 Å². The smallest absolute Gasteiger partial charge is 0.311 e. The summed E-state index contributed by atoms with van der Waals surface area (Å²) in [5.41, 5.74) is 4.37. The van der Waals surface area contributed by atoms with Crippen molar-refractivity contribution in [2.45, 2.75) is 45.1 Å². The number of aryl methyl sites for hydroxylation is 2. The zero-order chi connectivity index (χ0) is 21.8. The van der Waals surface area contributed by atoms with Crippen molar-refractivity contribution in [3.8, 4) is 0 Å². The number of hydrogen-bond acceptors (Lipinski definition) is 4. The first-order chi connectivity index (χ1) is 15.0. The number of esters is 1. The van der Waals surface area contributed by atoms with Gasteiger partial charge in [-0.05, 0) is 54.5 Å². The van der Waals surface area contributed by atoms with Gasteiger partial charge in [0.05, 0.1) is 12.0 Å². The highest BCUT2D eigenvalue weighted by molar-refractivity contribution is 5.99. The second kappa shape index (κ2) is 9.33. The van der Waals surface area contributed by atoms with Crippen LogP contribution in [-0.2, 0) is 32.0 Å². The molecule has 162 valence electrons. The summed E-state index contributed by atoms with van der Waals surface area (Å²) in [6.07, 6.45) is 3.94. The third kappa shape index (κ3) is 4.79. The van der Waals surface area contributed by atoms with Gasteiger partial charge in [-0.15, -0.1) is 0 Å². The molecule has 1 aliphatic carbocycles. The Balaban J connectivity index is 1.29. The normalized spacial score (nSPS) is 20.3. The molecule has 2 aromatic rings. The van der Waals surface area contributed by atoms with Gasteiger partial charge in [0.2, 0.25) is 5.91 Å². The lowest BCUT2D eigenvalue weighted by Gasteiger charge is -2.26. The SMILES string of the molecule is CCc1ccc(N2C[C@H](C(=O)OCC(=O)N[C@@H]3CCCc4ccccc43)CC2=O)cc1. The molecule has 6 heteroatoms. The molecule has 0 unspecified atom stereocenters. The summed E-state index contributed by atoms with van der Waals surface area (Å²) in [5, 5.41) is 2.98. The van der Waals surface area contributed by atoms with Crippen molar-refractivity contribution in [1.29, 1.82) is 0 Å². The van der Waals surface area contributed by atoms with Crippen molar-refractivity contribution in [2.75, 3.05) is 18.1 Å². The van der Waals surface area contributed by atoms with Crippen LogP contribution in [0.25, 0.3) is 0 Å². The highest BCUT2D eigenvalue weighted by Crippen LogP contribution is 2.29. The minimum atomic E-state index is -0.554. The third-order valence-electron chi connectivity index (χ3n) is 6.16. The first-order valence-electron chi connectivity index (χ1n) is 11.0. The van der Waals surface area contributed by atoms with Crippen LogP contribution in [0.3, 0.4) is 0 Å². The van der Waals surface area contributed by atoms with Crippen LogP contribution in [0, 0.1) is 5.92 Å². The summed E-state index contributed by atoms with van der Waals surface area (Å²) >= 11 is 0. The standard InChI is InChI=1S/C25H28N2O4/c1-2-17-10-12-20(13-11-17)27-15-19(14-24(27)29)25(30)31-16-23(28)26-22-9-5-7-18-6-3-4-8-21(18)22/h3-4,6,8,10-13,19,22H,2,5,7,9,14-16H2,1H3,(H,26,28)/t19-,22-/m1/s1. The molecular formula is C25H28N2O4. The van der Waals surface area contributed by atoms with Crippen LogP contribution < -0.4 is 10.2 Å². The molecule has 2 aliphatic rings. The number of benzene rings is 2. The van der Waals surface area contributed by atoms with Crippen molar-refractivity contribution in [3.05, 3.63) is 65.2 Å². The summed E-state index contributed by atoms with van der Waals surface area (Å²) in [6.45, 7) is 2.03. The number of carbonyl (C=O) groups excluding carboxylic acids is 3. The maximum absolute atomic E-state index is 12.5. The van der Waals surface area contributed by atoms with Gasteiger partial charge in [-0.1, -0.05) is 43.3 Å². The molecule has 0 saturated carbocycles. The lowest BCUT2D eigenvalue weighted by atomic mass is 9.88. The lowest BCUT2D eigenvalue weighted by molar-refractivity contribution is -0.152. The maximum atomic E-state index is 12.5. The number of anilines is 1. The zero-order valence-electron chi connectivity index (χ0n) is 17.8. The Kier molecular flexibility index (Phi) is 6.35. The number of rotatable bonds is 6. The molecule has 0 radical (unpaired) electrons. The van der Waals surface area contributed by atoms with E-state index in [0.29, 0.717) is 0 Å². The zero-order valence-corrected chi connectivity index (χ0v) is 17.8. The van der Waals surface area contributed by atoms with Crippen LogP contribution in [0.4, 0.5) is 5.69 Å². The molecule has 0 aromatic heterocycles. The van der Waals surface area contributed by atoms with Crippen LogP contribution in [0.1, 0.15) is 48.9 Å². The van der Waals surface area contributed by atoms with E-state index in [1.54, 1.807) is 4.90 Å². The van der Waals surface area contributed by atoms with Crippen molar-refractivity contribution in [1.82, 2.24) is 5.32 Å². The minimum Gasteiger partial charge on any atom is -0.455 e. The monoisotopic (exact) mass is 420 g/mol. The van der Waals surface area contributed by atoms with Gasteiger partial charge in [-0.3, -0.25) is 14.4 Å². The largest absolute Gasteiger partial charge is 0.455 e. The van der Waals surface area contributed by atoms with E-state index in [1.165, 1.54) is 11.1 Å². The number of nitrogens with one attached hydrogen (secondary N) is 1. The van der Waals surface area contributed by atoms with Gasteiger partial charge >= 0.3 is 5.97 Å². The predicted octanol–water partition coefficient (Wildman–Crippen LogP) is 3.34. The van der Waals surface area contributed by atoms with Gasteiger partial charge in [0.15, 0.2) is 6.61 Å². The van der Waals surface area contributed by atoms with E-state index in [1.807, 2.05) is 42.5 Å². The Labute approximate surface area is 182 Å². The molecule has 1 N–H and O–H groups in total. The van der Waals surface area contributed by atoms with Gasteiger partial charge in [0, 0.05) is 18.7 Å². The Morgan fingerprint density at radius 3 is 2.68 bits per heavy atom. The van der Waals surface area contributed by atoms with Gasteiger partial charge in [0.1, 0.15) is 0 Å². The highest BCUT2D eigenvalue weighted by atomic mass is 16.5. The first-order valence-corrected chi connectivity index (χ1v) is 11.0. The Bertz CT molecular complexity index is 970. The summed E-state index contributed by atoms with van der Waals surface area (Å²) in [6, 6.07) is 15.8. The molecule has 2 aromatic carbocycles. The number of nitrogens with zero attached hydrogens (tertiary/aromatic N) is 1. The molecule has 1 fully saturated rings. The third-order valence-corrected chi connectivity index (χ3v) is 6.16. The second-order valence-corrected chi connectivity index (χ2v) is 8.24. The number of ether oxygens (including phenoxy) is 1. The quantitative estimate of drug-likeness (QED) is 0.728. The van der Waals surface area contributed by atoms with E-state index >= 15 is 0 Å². The van der Waals surface area contributed by atoms with E-state index in [2.05, 4.69) is 18.3 Å². The minimum absolute atomic E-state index is 0.0502. The summed E-state index contributed by atoms with van der Waals surface area (Å²) in [7, 11) is 0. The number of hydrogen-bond donors (Lipinski definition) is 1. The molecule has 6 nitrogen and oxygen atoms in total.